The zero-order valence-electron chi connectivity index (χ0n) is 12.2. The van der Waals surface area contributed by atoms with Gasteiger partial charge in [-0.2, -0.15) is 4.31 Å². The summed E-state index contributed by atoms with van der Waals surface area (Å²) in [5, 5.41) is 10.3. The Morgan fingerprint density at radius 2 is 2.29 bits per heavy atom. The van der Waals surface area contributed by atoms with Crippen LogP contribution in [0.2, 0.25) is 0 Å². The van der Waals surface area contributed by atoms with E-state index in [1.54, 1.807) is 7.05 Å². The third-order valence-electron chi connectivity index (χ3n) is 3.87. The van der Waals surface area contributed by atoms with Gasteiger partial charge in [0.05, 0.1) is 4.90 Å². The van der Waals surface area contributed by atoms with E-state index in [1.807, 2.05) is 0 Å². The number of likely N-dealkylation sites (tertiary alicyclic amines) is 1. The van der Waals surface area contributed by atoms with Crippen LogP contribution in [0.5, 0.6) is 0 Å². The van der Waals surface area contributed by atoms with E-state index in [-0.39, 0.29) is 15.8 Å². The van der Waals surface area contributed by atoms with E-state index in [4.69, 9.17) is 5.11 Å². The van der Waals surface area contributed by atoms with Crippen LogP contribution in [-0.2, 0) is 10.0 Å². The molecule has 2 rings (SSSR count). The van der Waals surface area contributed by atoms with Crippen molar-refractivity contribution in [3.05, 3.63) is 16.3 Å². The van der Waals surface area contributed by atoms with Crippen LogP contribution in [0.25, 0.3) is 0 Å². The predicted octanol–water partition coefficient (Wildman–Crippen LogP) is 1.55. The second-order valence-corrected chi connectivity index (χ2v) is 8.12. The lowest BCUT2D eigenvalue weighted by Gasteiger charge is -2.27. The van der Waals surface area contributed by atoms with Gasteiger partial charge < -0.3 is 5.11 Å². The van der Waals surface area contributed by atoms with Gasteiger partial charge in [-0.3, -0.25) is 4.90 Å². The maximum absolute atomic E-state index is 12.5. The van der Waals surface area contributed by atoms with E-state index in [1.165, 1.54) is 15.8 Å². The van der Waals surface area contributed by atoms with Crippen LogP contribution >= 0.6 is 11.3 Å². The summed E-state index contributed by atoms with van der Waals surface area (Å²) in [6, 6.07) is 1.47. The molecule has 0 radical (unpaired) electrons. The monoisotopic (exact) mass is 332 g/mol. The summed E-state index contributed by atoms with van der Waals surface area (Å²) >= 11 is 0.934. The molecule has 118 valence electrons. The van der Waals surface area contributed by atoms with Crippen LogP contribution in [0.1, 0.15) is 29.4 Å². The van der Waals surface area contributed by atoms with Crippen molar-refractivity contribution in [2.24, 2.45) is 0 Å². The molecule has 0 aliphatic carbocycles. The average molecular weight is 332 g/mol. The van der Waals surface area contributed by atoms with E-state index in [2.05, 4.69) is 11.8 Å². The lowest BCUT2D eigenvalue weighted by atomic mass is 10.2. The van der Waals surface area contributed by atoms with Crippen molar-refractivity contribution < 1.29 is 18.3 Å². The van der Waals surface area contributed by atoms with Crippen molar-refractivity contribution in [3.8, 4) is 0 Å². The Morgan fingerprint density at radius 1 is 1.57 bits per heavy atom. The van der Waals surface area contributed by atoms with Gasteiger partial charge in [0.2, 0.25) is 10.0 Å². The quantitative estimate of drug-likeness (QED) is 0.855. The fraction of sp³-hybridized carbons (Fsp3) is 0.615. The van der Waals surface area contributed by atoms with Crippen LogP contribution in [0.4, 0.5) is 0 Å². The van der Waals surface area contributed by atoms with E-state index in [0.29, 0.717) is 6.54 Å². The smallest absolute Gasteiger partial charge is 0.345 e. The standard InChI is InChI=1S/C13H20N2O4S2/c1-3-15-6-4-5-10(15)8-14(2)21(18,19)11-7-12(13(16)17)20-9-11/h7,9-10H,3-6,8H2,1-2H3,(H,16,17). The Kier molecular flexibility index (Phi) is 5.03. The average Bonchev–Trinajstić information content (AvgIpc) is 3.07. The molecule has 2 heterocycles. The Morgan fingerprint density at radius 3 is 2.86 bits per heavy atom. The minimum absolute atomic E-state index is 0.0398. The van der Waals surface area contributed by atoms with Crippen molar-refractivity contribution in [3.63, 3.8) is 0 Å². The summed E-state index contributed by atoms with van der Waals surface area (Å²) in [6.07, 6.45) is 2.09. The van der Waals surface area contributed by atoms with Crippen LogP contribution in [-0.4, -0.2) is 61.4 Å². The summed E-state index contributed by atoms with van der Waals surface area (Å²) in [5.41, 5.74) is 0. The first-order valence-electron chi connectivity index (χ1n) is 6.88. The highest BCUT2D eigenvalue weighted by molar-refractivity contribution is 7.89. The highest BCUT2D eigenvalue weighted by Gasteiger charge is 2.30. The molecule has 1 fully saturated rings. The molecule has 0 aromatic carbocycles. The highest BCUT2D eigenvalue weighted by Crippen LogP contribution is 2.24. The zero-order valence-corrected chi connectivity index (χ0v) is 13.8. The first kappa shape index (κ1) is 16.4. The fourth-order valence-electron chi connectivity index (χ4n) is 2.66. The molecule has 1 aliphatic rings. The maximum Gasteiger partial charge on any atom is 0.345 e. The summed E-state index contributed by atoms with van der Waals surface area (Å²) in [6.45, 7) is 4.44. The van der Waals surface area contributed by atoms with Gasteiger partial charge in [0.15, 0.2) is 0 Å². The number of thiophene rings is 1. The number of carboxylic acid groups (broad SMARTS) is 1. The Bertz CT molecular complexity index is 611. The second kappa shape index (κ2) is 6.43. The molecule has 1 atom stereocenters. The Balaban J connectivity index is 2.12. The van der Waals surface area contributed by atoms with Crippen molar-refractivity contribution in [2.75, 3.05) is 26.7 Å². The molecule has 1 saturated heterocycles. The van der Waals surface area contributed by atoms with Crippen molar-refractivity contribution in [1.29, 1.82) is 0 Å². The first-order valence-corrected chi connectivity index (χ1v) is 9.20. The summed E-state index contributed by atoms with van der Waals surface area (Å²) in [4.78, 5) is 13.3. The molecule has 1 aromatic rings. The van der Waals surface area contributed by atoms with Gasteiger partial charge in [0.25, 0.3) is 0 Å². The lowest BCUT2D eigenvalue weighted by molar-refractivity contribution is 0.0702. The topological polar surface area (TPSA) is 77.9 Å². The minimum Gasteiger partial charge on any atom is -0.477 e. The molecule has 1 aromatic heterocycles. The minimum atomic E-state index is -3.62. The number of likely N-dealkylation sites (N-methyl/N-ethyl adjacent to an activating group) is 2. The third kappa shape index (κ3) is 3.45. The highest BCUT2D eigenvalue weighted by atomic mass is 32.2. The van der Waals surface area contributed by atoms with Crippen LogP contribution in [0.3, 0.4) is 0 Å². The van der Waals surface area contributed by atoms with E-state index >= 15 is 0 Å². The van der Waals surface area contributed by atoms with Crippen molar-refractivity contribution in [1.82, 2.24) is 9.21 Å². The fourth-order valence-corrected chi connectivity index (χ4v) is 4.97. The molecule has 0 bridgehead atoms. The number of rotatable bonds is 6. The SMILES string of the molecule is CCN1CCCC1CN(C)S(=O)(=O)c1csc(C(=O)O)c1. The molecule has 1 aliphatic heterocycles. The summed E-state index contributed by atoms with van der Waals surface area (Å²) in [5.74, 6) is -1.10. The molecule has 0 spiro atoms. The van der Waals surface area contributed by atoms with Crippen LogP contribution < -0.4 is 0 Å². The number of carbonyl (C=O) groups is 1. The first-order chi connectivity index (χ1) is 9.86. The van der Waals surface area contributed by atoms with E-state index in [9.17, 15) is 13.2 Å². The third-order valence-corrected chi connectivity index (χ3v) is 6.74. The summed E-state index contributed by atoms with van der Waals surface area (Å²) in [7, 11) is -2.06. The number of carboxylic acids is 1. The van der Waals surface area contributed by atoms with E-state index < -0.39 is 16.0 Å². The van der Waals surface area contributed by atoms with Crippen LogP contribution in [0.15, 0.2) is 16.3 Å². The van der Waals surface area contributed by atoms with Gasteiger partial charge in [-0.25, -0.2) is 13.2 Å². The number of hydrogen-bond acceptors (Lipinski definition) is 5. The van der Waals surface area contributed by atoms with Gasteiger partial charge in [0.1, 0.15) is 4.88 Å². The molecular formula is C13H20N2O4S2. The maximum atomic E-state index is 12.5. The van der Waals surface area contributed by atoms with Crippen LogP contribution in [0, 0.1) is 0 Å². The molecule has 6 nitrogen and oxygen atoms in total. The molecule has 21 heavy (non-hydrogen) atoms. The van der Waals surface area contributed by atoms with Gasteiger partial charge in [-0.1, -0.05) is 6.92 Å². The van der Waals surface area contributed by atoms with Gasteiger partial charge in [-0.05, 0) is 32.0 Å². The van der Waals surface area contributed by atoms with Gasteiger partial charge >= 0.3 is 5.97 Å². The normalized spacial score (nSPS) is 20.2. The molecule has 0 saturated carbocycles. The molecule has 0 amide bonds. The molecular weight excluding hydrogens is 312 g/mol. The molecule has 1 N–H and O–H groups in total. The van der Waals surface area contributed by atoms with E-state index in [0.717, 1.165) is 37.3 Å². The van der Waals surface area contributed by atoms with Crippen molar-refractivity contribution >= 4 is 27.3 Å². The van der Waals surface area contributed by atoms with Gasteiger partial charge in [0, 0.05) is 25.0 Å². The number of aromatic carboxylic acids is 1. The lowest BCUT2D eigenvalue weighted by Crippen LogP contribution is -2.41. The van der Waals surface area contributed by atoms with Gasteiger partial charge in [-0.15, -0.1) is 11.3 Å². The number of nitrogens with zero attached hydrogens (tertiary/aromatic N) is 2. The second-order valence-electron chi connectivity index (χ2n) is 5.16. The van der Waals surface area contributed by atoms with Crippen molar-refractivity contribution in [2.45, 2.75) is 30.7 Å². The summed E-state index contributed by atoms with van der Waals surface area (Å²) < 4.78 is 26.3. The Labute approximate surface area is 129 Å². The number of sulfonamides is 1. The molecule has 1 unspecified atom stereocenters. The number of hydrogen-bond donors (Lipinski definition) is 1. The predicted molar refractivity (Wildman–Crippen MR) is 81.4 cm³/mol. The Hall–Kier alpha value is -0.960. The zero-order chi connectivity index (χ0) is 15.6. The largest absolute Gasteiger partial charge is 0.477 e. The molecule has 8 heteroatoms.